The van der Waals surface area contributed by atoms with Crippen LogP contribution in [0, 0.1) is 0 Å². The Hall–Kier alpha value is -1.13. The summed E-state index contributed by atoms with van der Waals surface area (Å²) in [6.07, 6.45) is 3.78. The van der Waals surface area contributed by atoms with E-state index in [4.69, 9.17) is 4.98 Å². The van der Waals surface area contributed by atoms with Crippen LogP contribution in [0.25, 0.3) is 0 Å². The average Bonchev–Trinajstić information content (AvgIpc) is 2.92. The number of likely N-dealkylation sites (tertiary alicyclic amines) is 1. The highest BCUT2D eigenvalue weighted by Gasteiger charge is 2.12. The van der Waals surface area contributed by atoms with Crippen molar-refractivity contribution in [1.29, 1.82) is 0 Å². The molecule has 0 bridgehead atoms. The number of fused-ring (bicyclic) bond motifs is 1. The van der Waals surface area contributed by atoms with Crippen molar-refractivity contribution < 1.29 is 0 Å². The van der Waals surface area contributed by atoms with Gasteiger partial charge in [-0.1, -0.05) is 6.07 Å². The molecule has 2 aliphatic heterocycles. The lowest BCUT2D eigenvalue weighted by atomic mass is 10.1. The quantitative estimate of drug-likeness (QED) is 0.838. The summed E-state index contributed by atoms with van der Waals surface area (Å²) in [5, 5.41) is 6.82. The number of nitrogens with one attached hydrogen (secondary N) is 2. The highest BCUT2D eigenvalue weighted by molar-refractivity contribution is 5.39. The summed E-state index contributed by atoms with van der Waals surface area (Å²) in [5.74, 6) is 1.04. The van der Waals surface area contributed by atoms with Crippen molar-refractivity contribution in [3.63, 3.8) is 0 Å². The number of rotatable bonds is 4. The minimum absolute atomic E-state index is 0.969. The monoisotopic (exact) mass is 246 g/mol. The number of nitrogens with zero attached hydrogens (tertiary/aromatic N) is 2. The molecule has 3 heterocycles. The number of aromatic nitrogens is 1. The van der Waals surface area contributed by atoms with E-state index in [1.165, 1.54) is 37.2 Å². The second-order valence-corrected chi connectivity index (χ2v) is 5.20. The third kappa shape index (κ3) is 2.82. The molecule has 0 spiro atoms. The van der Waals surface area contributed by atoms with Gasteiger partial charge in [-0.2, -0.15) is 0 Å². The van der Waals surface area contributed by atoms with Gasteiger partial charge in [-0.05, 0) is 37.6 Å². The molecular formula is C14H22N4. The fraction of sp³-hybridized carbons (Fsp3) is 0.643. The molecule has 0 saturated carbocycles. The van der Waals surface area contributed by atoms with E-state index >= 15 is 0 Å². The van der Waals surface area contributed by atoms with Crippen molar-refractivity contribution in [3.05, 3.63) is 23.4 Å². The maximum absolute atomic E-state index is 4.71. The summed E-state index contributed by atoms with van der Waals surface area (Å²) >= 11 is 0. The number of hydrogen-bond donors (Lipinski definition) is 2. The maximum atomic E-state index is 4.71. The van der Waals surface area contributed by atoms with Crippen LogP contribution >= 0.6 is 0 Å². The molecular weight excluding hydrogens is 224 g/mol. The van der Waals surface area contributed by atoms with Crippen molar-refractivity contribution in [1.82, 2.24) is 15.2 Å². The molecule has 0 aliphatic carbocycles. The Morgan fingerprint density at radius 2 is 2.17 bits per heavy atom. The fourth-order valence-corrected chi connectivity index (χ4v) is 2.78. The highest BCUT2D eigenvalue weighted by atomic mass is 15.2. The molecule has 1 fully saturated rings. The fourth-order valence-electron chi connectivity index (χ4n) is 2.78. The molecule has 4 nitrogen and oxygen atoms in total. The zero-order chi connectivity index (χ0) is 12.2. The zero-order valence-corrected chi connectivity index (χ0v) is 10.9. The summed E-state index contributed by atoms with van der Waals surface area (Å²) in [4.78, 5) is 7.23. The van der Waals surface area contributed by atoms with Crippen LogP contribution in [0.4, 0.5) is 5.82 Å². The van der Waals surface area contributed by atoms with Crippen LogP contribution < -0.4 is 10.6 Å². The average molecular weight is 246 g/mol. The van der Waals surface area contributed by atoms with Gasteiger partial charge >= 0.3 is 0 Å². The molecule has 0 aromatic carbocycles. The van der Waals surface area contributed by atoms with Crippen LogP contribution in [0.1, 0.15) is 24.1 Å². The van der Waals surface area contributed by atoms with E-state index in [1.807, 2.05) is 0 Å². The third-order valence-corrected chi connectivity index (χ3v) is 3.86. The standard InChI is InChI=1S/C14H22N4/c1-2-9-18(8-1)10-7-16-14-4-3-12-11-15-6-5-13(12)17-14/h3-4,15H,1-2,5-11H2,(H,16,17). The van der Waals surface area contributed by atoms with Gasteiger partial charge in [-0.25, -0.2) is 4.98 Å². The number of anilines is 1. The Kier molecular flexibility index (Phi) is 3.76. The predicted molar refractivity (Wildman–Crippen MR) is 73.8 cm³/mol. The molecule has 4 heteroatoms. The van der Waals surface area contributed by atoms with Crippen LogP contribution in [0.2, 0.25) is 0 Å². The van der Waals surface area contributed by atoms with E-state index < -0.39 is 0 Å². The molecule has 3 rings (SSSR count). The highest BCUT2D eigenvalue weighted by Crippen LogP contribution is 2.14. The lowest BCUT2D eigenvalue weighted by molar-refractivity contribution is 0.352. The zero-order valence-electron chi connectivity index (χ0n) is 10.9. The first-order valence-corrected chi connectivity index (χ1v) is 7.07. The smallest absolute Gasteiger partial charge is 0.126 e. The molecule has 0 unspecified atom stereocenters. The minimum atomic E-state index is 0.969. The number of pyridine rings is 1. The molecule has 18 heavy (non-hydrogen) atoms. The lowest BCUT2D eigenvalue weighted by Gasteiger charge is -2.18. The summed E-state index contributed by atoms with van der Waals surface area (Å²) < 4.78 is 0. The Bertz CT molecular complexity index is 399. The van der Waals surface area contributed by atoms with Crippen LogP contribution in [-0.4, -0.2) is 42.6 Å². The van der Waals surface area contributed by atoms with E-state index in [9.17, 15) is 0 Å². The number of hydrogen-bond acceptors (Lipinski definition) is 4. The largest absolute Gasteiger partial charge is 0.369 e. The Labute approximate surface area is 109 Å². The van der Waals surface area contributed by atoms with Gasteiger partial charge in [0.1, 0.15) is 5.82 Å². The first-order chi connectivity index (χ1) is 8.92. The first kappa shape index (κ1) is 11.9. The van der Waals surface area contributed by atoms with Crippen molar-refractivity contribution in [2.45, 2.75) is 25.8 Å². The van der Waals surface area contributed by atoms with E-state index in [0.29, 0.717) is 0 Å². The van der Waals surface area contributed by atoms with Gasteiger partial charge in [0, 0.05) is 38.3 Å². The summed E-state index contributed by atoms with van der Waals surface area (Å²) in [5.41, 5.74) is 2.62. The van der Waals surface area contributed by atoms with Gasteiger partial charge in [0.05, 0.1) is 0 Å². The molecule has 2 aliphatic rings. The topological polar surface area (TPSA) is 40.2 Å². The predicted octanol–water partition coefficient (Wildman–Crippen LogP) is 1.23. The van der Waals surface area contributed by atoms with Crippen molar-refractivity contribution in [3.8, 4) is 0 Å². The Balaban J connectivity index is 1.52. The molecule has 2 N–H and O–H groups in total. The van der Waals surface area contributed by atoms with E-state index in [2.05, 4.69) is 27.7 Å². The van der Waals surface area contributed by atoms with Crippen LogP contribution in [-0.2, 0) is 13.0 Å². The van der Waals surface area contributed by atoms with Gasteiger partial charge in [-0.15, -0.1) is 0 Å². The molecule has 1 saturated heterocycles. The Morgan fingerprint density at radius 3 is 3.06 bits per heavy atom. The molecule has 0 amide bonds. The van der Waals surface area contributed by atoms with Crippen molar-refractivity contribution >= 4 is 5.82 Å². The van der Waals surface area contributed by atoms with Gasteiger partial charge in [0.15, 0.2) is 0 Å². The summed E-state index contributed by atoms with van der Waals surface area (Å²) in [6, 6.07) is 4.31. The Morgan fingerprint density at radius 1 is 1.28 bits per heavy atom. The van der Waals surface area contributed by atoms with Crippen molar-refractivity contribution in [2.75, 3.05) is 38.0 Å². The second kappa shape index (κ2) is 5.67. The van der Waals surface area contributed by atoms with Gasteiger partial charge in [0.2, 0.25) is 0 Å². The van der Waals surface area contributed by atoms with Crippen LogP contribution in [0.15, 0.2) is 12.1 Å². The SMILES string of the molecule is c1cc2c(nc1NCCN1CCCC1)CCNC2. The second-order valence-electron chi connectivity index (χ2n) is 5.20. The molecule has 1 aromatic rings. The lowest BCUT2D eigenvalue weighted by Crippen LogP contribution is -2.27. The van der Waals surface area contributed by atoms with Gasteiger partial charge in [-0.3, -0.25) is 0 Å². The van der Waals surface area contributed by atoms with Gasteiger partial charge in [0.25, 0.3) is 0 Å². The van der Waals surface area contributed by atoms with E-state index in [1.54, 1.807) is 0 Å². The first-order valence-electron chi connectivity index (χ1n) is 7.07. The van der Waals surface area contributed by atoms with E-state index in [-0.39, 0.29) is 0 Å². The molecule has 0 atom stereocenters. The summed E-state index contributed by atoms with van der Waals surface area (Å²) in [7, 11) is 0. The van der Waals surface area contributed by atoms with E-state index in [0.717, 1.165) is 38.4 Å². The molecule has 1 aromatic heterocycles. The minimum Gasteiger partial charge on any atom is -0.369 e. The third-order valence-electron chi connectivity index (χ3n) is 3.86. The molecule has 0 radical (unpaired) electrons. The van der Waals surface area contributed by atoms with Crippen molar-refractivity contribution in [2.24, 2.45) is 0 Å². The van der Waals surface area contributed by atoms with Crippen LogP contribution in [0.3, 0.4) is 0 Å². The normalized spacial score (nSPS) is 19.8. The molecule has 98 valence electrons. The van der Waals surface area contributed by atoms with Crippen LogP contribution in [0.5, 0.6) is 0 Å². The maximum Gasteiger partial charge on any atom is 0.126 e. The van der Waals surface area contributed by atoms with Gasteiger partial charge < -0.3 is 15.5 Å². The summed E-state index contributed by atoms with van der Waals surface area (Å²) in [6.45, 7) is 6.70.